The highest BCUT2D eigenvalue weighted by Crippen LogP contribution is 2.36. The molecule has 2 aromatic rings. The molecule has 4 heteroatoms. The first-order chi connectivity index (χ1) is 8.08. The molecule has 0 saturated heterocycles. The van der Waals surface area contributed by atoms with E-state index in [9.17, 15) is 0 Å². The summed E-state index contributed by atoms with van der Waals surface area (Å²) < 4.78 is 6.67. The van der Waals surface area contributed by atoms with Crippen LogP contribution in [0.2, 0.25) is 5.02 Å². The lowest BCUT2D eigenvalue weighted by Gasteiger charge is -2.12. The van der Waals surface area contributed by atoms with Crippen molar-refractivity contribution < 1.29 is 4.74 Å². The fourth-order valence-corrected chi connectivity index (χ4v) is 1.98. The van der Waals surface area contributed by atoms with Crippen molar-refractivity contribution in [3.8, 4) is 11.5 Å². The topological polar surface area (TPSA) is 35.2 Å². The van der Waals surface area contributed by atoms with E-state index < -0.39 is 0 Å². The summed E-state index contributed by atoms with van der Waals surface area (Å²) in [5, 5.41) is 0.552. The molecule has 2 aromatic carbocycles. The SMILES string of the molecule is Cc1cccc(N)c1Oc1cc(Br)ccc1Cl. The summed E-state index contributed by atoms with van der Waals surface area (Å²) in [6, 6.07) is 11.1. The number of hydrogen-bond acceptors (Lipinski definition) is 2. The smallest absolute Gasteiger partial charge is 0.153 e. The summed E-state index contributed by atoms with van der Waals surface area (Å²) >= 11 is 9.44. The number of aryl methyl sites for hydroxylation is 1. The van der Waals surface area contributed by atoms with Gasteiger partial charge in [-0.2, -0.15) is 0 Å². The minimum absolute atomic E-state index is 0.552. The van der Waals surface area contributed by atoms with Crippen molar-refractivity contribution in [3.05, 3.63) is 51.5 Å². The summed E-state index contributed by atoms with van der Waals surface area (Å²) in [4.78, 5) is 0. The zero-order chi connectivity index (χ0) is 12.4. The summed E-state index contributed by atoms with van der Waals surface area (Å²) in [6.07, 6.45) is 0. The predicted molar refractivity (Wildman–Crippen MR) is 74.8 cm³/mol. The molecule has 0 aromatic heterocycles. The lowest BCUT2D eigenvalue weighted by molar-refractivity contribution is 0.481. The molecular weight excluding hydrogens is 302 g/mol. The summed E-state index contributed by atoms with van der Waals surface area (Å²) in [5.41, 5.74) is 7.45. The number of benzene rings is 2. The maximum Gasteiger partial charge on any atom is 0.153 e. The van der Waals surface area contributed by atoms with Crippen molar-refractivity contribution in [2.75, 3.05) is 5.73 Å². The average molecular weight is 313 g/mol. The number of nitrogens with two attached hydrogens (primary N) is 1. The Morgan fingerprint density at radius 2 is 2.00 bits per heavy atom. The van der Waals surface area contributed by atoms with Gasteiger partial charge in [0.2, 0.25) is 0 Å². The van der Waals surface area contributed by atoms with Gasteiger partial charge >= 0.3 is 0 Å². The zero-order valence-electron chi connectivity index (χ0n) is 9.21. The van der Waals surface area contributed by atoms with Crippen LogP contribution >= 0.6 is 27.5 Å². The lowest BCUT2D eigenvalue weighted by atomic mass is 10.2. The van der Waals surface area contributed by atoms with Crippen molar-refractivity contribution in [2.45, 2.75) is 6.92 Å². The number of ether oxygens (including phenoxy) is 1. The lowest BCUT2D eigenvalue weighted by Crippen LogP contribution is -1.94. The Hall–Kier alpha value is -1.19. The van der Waals surface area contributed by atoms with E-state index in [1.165, 1.54) is 0 Å². The summed E-state index contributed by atoms with van der Waals surface area (Å²) in [7, 11) is 0. The fourth-order valence-electron chi connectivity index (χ4n) is 1.48. The number of rotatable bonds is 2. The van der Waals surface area contributed by atoms with E-state index in [0.717, 1.165) is 10.0 Å². The molecule has 0 fully saturated rings. The van der Waals surface area contributed by atoms with E-state index in [4.69, 9.17) is 22.1 Å². The normalized spacial score (nSPS) is 10.3. The average Bonchev–Trinajstić information content (AvgIpc) is 2.28. The number of anilines is 1. The first-order valence-electron chi connectivity index (χ1n) is 5.06. The standard InChI is InChI=1S/C13H11BrClNO/c1-8-3-2-4-11(16)13(8)17-12-7-9(14)5-6-10(12)15/h2-7H,16H2,1H3. The molecule has 0 aliphatic carbocycles. The highest BCUT2D eigenvalue weighted by molar-refractivity contribution is 9.10. The van der Waals surface area contributed by atoms with Crippen molar-refractivity contribution in [1.82, 2.24) is 0 Å². The second kappa shape index (κ2) is 4.98. The van der Waals surface area contributed by atoms with Crippen molar-refractivity contribution in [1.29, 1.82) is 0 Å². The van der Waals surface area contributed by atoms with Gasteiger partial charge in [0.1, 0.15) is 5.75 Å². The molecule has 2 N–H and O–H groups in total. The Morgan fingerprint density at radius 1 is 1.24 bits per heavy atom. The molecule has 0 bridgehead atoms. The first kappa shape index (κ1) is 12.3. The highest BCUT2D eigenvalue weighted by atomic mass is 79.9. The van der Waals surface area contributed by atoms with Crippen LogP contribution in [0.25, 0.3) is 0 Å². The van der Waals surface area contributed by atoms with Gasteiger partial charge in [-0.25, -0.2) is 0 Å². The maximum atomic E-state index is 6.06. The number of hydrogen-bond donors (Lipinski definition) is 1. The first-order valence-corrected chi connectivity index (χ1v) is 6.23. The highest BCUT2D eigenvalue weighted by Gasteiger charge is 2.08. The molecule has 2 nitrogen and oxygen atoms in total. The van der Waals surface area contributed by atoms with Gasteiger partial charge < -0.3 is 10.5 Å². The number of nitrogen functional groups attached to an aromatic ring is 1. The van der Waals surface area contributed by atoms with Crippen LogP contribution in [-0.2, 0) is 0 Å². The maximum absolute atomic E-state index is 6.06. The van der Waals surface area contributed by atoms with Gasteiger partial charge in [0.05, 0.1) is 10.7 Å². The van der Waals surface area contributed by atoms with Gasteiger partial charge in [-0.05, 0) is 36.8 Å². The minimum Gasteiger partial charge on any atom is -0.453 e. The number of halogens is 2. The molecule has 0 amide bonds. The third-order valence-corrected chi connectivity index (χ3v) is 3.15. The molecule has 0 unspecified atom stereocenters. The largest absolute Gasteiger partial charge is 0.453 e. The minimum atomic E-state index is 0.552. The van der Waals surface area contributed by atoms with Crippen molar-refractivity contribution in [3.63, 3.8) is 0 Å². The quantitative estimate of drug-likeness (QED) is 0.810. The molecule has 2 rings (SSSR count). The second-order valence-electron chi connectivity index (χ2n) is 3.67. The molecular formula is C13H11BrClNO. The van der Waals surface area contributed by atoms with E-state index >= 15 is 0 Å². The molecule has 0 radical (unpaired) electrons. The van der Waals surface area contributed by atoms with Gasteiger partial charge in [0.25, 0.3) is 0 Å². The third kappa shape index (κ3) is 2.73. The predicted octanol–water partition coefficient (Wildman–Crippen LogP) is 4.79. The van der Waals surface area contributed by atoms with Gasteiger partial charge in [-0.1, -0.05) is 39.7 Å². The monoisotopic (exact) mass is 311 g/mol. The van der Waals surface area contributed by atoms with Gasteiger partial charge in [-0.15, -0.1) is 0 Å². The molecule has 0 aliphatic rings. The van der Waals surface area contributed by atoms with Crippen LogP contribution in [0.3, 0.4) is 0 Å². The van der Waals surface area contributed by atoms with E-state index in [-0.39, 0.29) is 0 Å². The molecule has 0 saturated carbocycles. The Bertz CT molecular complexity index is 537. The Balaban J connectivity index is 2.41. The third-order valence-electron chi connectivity index (χ3n) is 2.35. The van der Waals surface area contributed by atoms with Crippen LogP contribution in [0.1, 0.15) is 5.56 Å². The van der Waals surface area contributed by atoms with Crippen molar-refractivity contribution in [2.24, 2.45) is 0 Å². The molecule has 88 valence electrons. The Morgan fingerprint density at radius 3 is 2.71 bits per heavy atom. The molecule has 0 heterocycles. The van der Waals surface area contributed by atoms with Crippen LogP contribution < -0.4 is 10.5 Å². The van der Waals surface area contributed by atoms with E-state index in [1.807, 2.05) is 31.2 Å². The Kier molecular flexibility index (Phi) is 3.60. The van der Waals surface area contributed by atoms with Gasteiger partial charge in [-0.3, -0.25) is 0 Å². The van der Waals surface area contributed by atoms with Gasteiger partial charge in [0.15, 0.2) is 5.75 Å². The van der Waals surface area contributed by atoms with Crippen LogP contribution in [0.5, 0.6) is 11.5 Å². The Labute approximate surface area is 113 Å². The van der Waals surface area contributed by atoms with Crippen LogP contribution in [0.15, 0.2) is 40.9 Å². The molecule has 0 aliphatic heterocycles. The summed E-state index contributed by atoms with van der Waals surface area (Å²) in [5.74, 6) is 1.23. The second-order valence-corrected chi connectivity index (χ2v) is 4.99. The van der Waals surface area contributed by atoms with Crippen LogP contribution in [-0.4, -0.2) is 0 Å². The zero-order valence-corrected chi connectivity index (χ0v) is 11.5. The van der Waals surface area contributed by atoms with Crippen LogP contribution in [0, 0.1) is 6.92 Å². The number of para-hydroxylation sites is 1. The summed E-state index contributed by atoms with van der Waals surface area (Å²) in [6.45, 7) is 1.94. The molecule has 0 atom stereocenters. The van der Waals surface area contributed by atoms with Crippen molar-refractivity contribution >= 4 is 33.2 Å². The molecule has 17 heavy (non-hydrogen) atoms. The molecule has 0 spiro atoms. The van der Waals surface area contributed by atoms with E-state index in [1.54, 1.807) is 12.1 Å². The van der Waals surface area contributed by atoms with Gasteiger partial charge in [0, 0.05) is 4.47 Å². The van der Waals surface area contributed by atoms with E-state index in [0.29, 0.717) is 22.2 Å². The van der Waals surface area contributed by atoms with Crippen LogP contribution in [0.4, 0.5) is 5.69 Å². The van der Waals surface area contributed by atoms with E-state index in [2.05, 4.69) is 15.9 Å². The fraction of sp³-hybridized carbons (Fsp3) is 0.0769.